The fourth-order valence-corrected chi connectivity index (χ4v) is 2.25. The normalized spacial score (nSPS) is 20.2. The van der Waals surface area contributed by atoms with Gasteiger partial charge in [-0.2, -0.15) is 0 Å². The van der Waals surface area contributed by atoms with Crippen molar-refractivity contribution in [1.82, 2.24) is 4.90 Å². The second-order valence-corrected chi connectivity index (χ2v) is 5.23. The maximum atomic E-state index is 12.0. The van der Waals surface area contributed by atoms with E-state index >= 15 is 0 Å². The Labute approximate surface area is 99.0 Å². The smallest absolute Gasteiger partial charge is 0.185 e. The van der Waals surface area contributed by atoms with Gasteiger partial charge in [0, 0.05) is 12.1 Å². The summed E-state index contributed by atoms with van der Waals surface area (Å²) in [6.45, 7) is 15.2. The lowest BCUT2D eigenvalue weighted by Crippen LogP contribution is -2.31. The monoisotopic (exact) mass is 221 g/mol. The molecule has 0 fully saturated rings. The van der Waals surface area contributed by atoms with Gasteiger partial charge in [-0.15, -0.1) is 0 Å². The summed E-state index contributed by atoms with van der Waals surface area (Å²) in [6, 6.07) is 0. The van der Waals surface area contributed by atoms with Crippen LogP contribution in [0, 0.1) is 5.41 Å². The Morgan fingerprint density at radius 1 is 1.38 bits per heavy atom. The van der Waals surface area contributed by atoms with Gasteiger partial charge in [-0.25, -0.2) is 0 Å². The van der Waals surface area contributed by atoms with Gasteiger partial charge in [-0.1, -0.05) is 40.3 Å². The Hall–Kier alpha value is -0.890. The van der Waals surface area contributed by atoms with Gasteiger partial charge in [0.2, 0.25) is 0 Å². The van der Waals surface area contributed by atoms with Gasteiger partial charge in [-0.05, 0) is 30.5 Å². The minimum Gasteiger partial charge on any atom is -0.299 e. The van der Waals surface area contributed by atoms with Crippen molar-refractivity contribution >= 4 is 5.78 Å². The van der Waals surface area contributed by atoms with Gasteiger partial charge < -0.3 is 0 Å². The highest BCUT2D eigenvalue weighted by Crippen LogP contribution is 2.34. The van der Waals surface area contributed by atoms with Crippen molar-refractivity contribution in [3.05, 3.63) is 23.8 Å². The molecule has 0 saturated carbocycles. The summed E-state index contributed by atoms with van der Waals surface area (Å²) in [6.07, 6.45) is 2.91. The fourth-order valence-electron chi connectivity index (χ4n) is 2.25. The lowest BCUT2D eigenvalue weighted by molar-refractivity contribution is -0.113. The van der Waals surface area contributed by atoms with E-state index in [1.54, 1.807) is 0 Å². The number of rotatable bonds is 4. The number of allylic oxidation sites excluding steroid dienone is 2. The van der Waals surface area contributed by atoms with Crippen LogP contribution in [0.1, 0.15) is 34.1 Å². The number of nitrogens with zero attached hydrogens (tertiary/aromatic N) is 1. The fraction of sp³-hybridized carbons (Fsp3) is 0.643. The van der Waals surface area contributed by atoms with Crippen LogP contribution < -0.4 is 0 Å². The second-order valence-electron chi connectivity index (χ2n) is 5.23. The summed E-state index contributed by atoms with van der Waals surface area (Å²) in [5, 5.41) is 0. The molecule has 0 unspecified atom stereocenters. The molecule has 16 heavy (non-hydrogen) atoms. The molecule has 0 heterocycles. The predicted molar refractivity (Wildman–Crippen MR) is 68.4 cm³/mol. The first-order valence-electron chi connectivity index (χ1n) is 6.06. The number of hydrogen-bond donors (Lipinski definition) is 0. The molecule has 0 saturated heterocycles. The lowest BCUT2D eigenvalue weighted by atomic mass is 9.77. The highest BCUT2D eigenvalue weighted by molar-refractivity contribution is 6.09. The molecule has 0 aromatic rings. The number of carbonyl (C=O) groups excluding carboxylic acids is 1. The molecule has 1 aliphatic carbocycles. The Balaban J connectivity index is 2.88. The third-order valence-electron chi connectivity index (χ3n) is 3.14. The van der Waals surface area contributed by atoms with Crippen LogP contribution in [-0.4, -0.2) is 30.3 Å². The summed E-state index contributed by atoms with van der Waals surface area (Å²) >= 11 is 0. The van der Waals surface area contributed by atoms with Crippen molar-refractivity contribution in [1.29, 1.82) is 0 Å². The topological polar surface area (TPSA) is 20.3 Å². The van der Waals surface area contributed by atoms with Crippen LogP contribution >= 0.6 is 0 Å². The average Bonchev–Trinajstić information content (AvgIpc) is 2.20. The first kappa shape index (κ1) is 13.2. The molecule has 1 aliphatic rings. The molecule has 0 aromatic carbocycles. The average molecular weight is 221 g/mol. The van der Waals surface area contributed by atoms with E-state index in [9.17, 15) is 4.79 Å². The van der Waals surface area contributed by atoms with Gasteiger partial charge in [0.25, 0.3) is 0 Å². The minimum atomic E-state index is 0.0769. The Bertz CT molecular complexity index is 322. The zero-order valence-electron chi connectivity index (χ0n) is 11.0. The molecule has 90 valence electrons. The van der Waals surface area contributed by atoms with E-state index in [1.165, 1.54) is 0 Å². The highest BCUT2D eigenvalue weighted by Gasteiger charge is 2.29. The summed E-state index contributed by atoms with van der Waals surface area (Å²) in [4.78, 5) is 14.2. The maximum Gasteiger partial charge on any atom is 0.185 e. The van der Waals surface area contributed by atoms with Gasteiger partial charge in [0.15, 0.2) is 5.78 Å². The first-order chi connectivity index (χ1) is 7.39. The molecule has 2 heteroatoms. The Morgan fingerprint density at radius 3 is 2.44 bits per heavy atom. The quantitative estimate of drug-likeness (QED) is 0.680. The molecule has 0 radical (unpaired) electrons. The van der Waals surface area contributed by atoms with Gasteiger partial charge in [0.05, 0.1) is 0 Å². The summed E-state index contributed by atoms with van der Waals surface area (Å²) in [5.74, 6) is 0.159. The second kappa shape index (κ2) is 4.96. The predicted octanol–water partition coefficient (Wildman–Crippen LogP) is 2.81. The number of Topliss-reactive ketones (excluding diaryl/α,β-unsaturated/α-hetero) is 1. The molecule has 0 aliphatic heterocycles. The first-order valence-corrected chi connectivity index (χ1v) is 6.06. The molecule has 0 N–H and O–H groups in total. The summed E-state index contributed by atoms with van der Waals surface area (Å²) in [5.41, 5.74) is 1.76. The van der Waals surface area contributed by atoms with Crippen LogP contribution in [0.3, 0.4) is 0 Å². The largest absolute Gasteiger partial charge is 0.299 e. The van der Waals surface area contributed by atoms with Crippen LogP contribution in [-0.2, 0) is 4.79 Å². The number of carbonyl (C=O) groups is 1. The van der Waals surface area contributed by atoms with Gasteiger partial charge >= 0.3 is 0 Å². The van der Waals surface area contributed by atoms with E-state index < -0.39 is 0 Å². The van der Waals surface area contributed by atoms with Gasteiger partial charge in [-0.3, -0.25) is 9.69 Å². The van der Waals surface area contributed by atoms with Crippen molar-refractivity contribution in [2.75, 3.05) is 19.6 Å². The van der Waals surface area contributed by atoms with Crippen LogP contribution in [0.15, 0.2) is 23.8 Å². The van der Waals surface area contributed by atoms with Crippen molar-refractivity contribution in [3.63, 3.8) is 0 Å². The van der Waals surface area contributed by atoms with Crippen LogP contribution in [0.4, 0.5) is 0 Å². The molecular weight excluding hydrogens is 198 g/mol. The zero-order chi connectivity index (χ0) is 12.3. The van der Waals surface area contributed by atoms with Crippen LogP contribution in [0.5, 0.6) is 0 Å². The standard InChI is InChI=1S/C14H23NO/c1-6-15(7-2)10-12-9-14(4,5)8-11(3)13(12)16/h9H,3,6-8,10H2,1-2,4-5H3. The molecule has 0 spiro atoms. The maximum absolute atomic E-state index is 12.0. The van der Waals surface area contributed by atoms with Crippen molar-refractivity contribution < 1.29 is 4.79 Å². The van der Waals surface area contributed by atoms with Crippen LogP contribution in [0.25, 0.3) is 0 Å². The van der Waals surface area contributed by atoms with Crippen LogP contribution in [0.2, 0.25) is 0 Å². The Kier molecular flexibility index (Phi) is 4.09. The van der Waals surface area contributed by atoms with E-state index in [2.05, 4.69) is 45.2 Å². The van der Waals surface area contributed by atoms with Gasteiger partial charge in [0.1, 0.15) is 0 Å². The van der Waals surface area contributed by atoms with E-state index in [1.807, 2.05) is 0 Å². The number of likely N-dealkylation sites (N-methyl/N-ethyl adjacent to an activating group) is 1. The molecule has 2 nitrogen and oxygen atoms in total. The summed E-state index contributed by atoms with van der Waals surface area (Å²) in [7, 11) is 0. The molecular formula is C14H23NO. The zero-order valence-corrected chi connectivity index (χ0v) is 11.0. The number of ketones is 1. The lowest BCUT2D eigenvalue weighted by Gasteiger charge is -2.30. The summed E-state index contributed by atoms with van der Waals surface area (Å²) < 4.78 is 0. The SMILES string of the molecule is C=C1CC(C)(C)C=C(CN(CC)CC)C1=O. The van der Waals surface area contributed by atoms with E-state index in [0.717, 1.165) is 37.2 Å². The van der Waals surface area contributed by atoms with Crippen molar-refractivity contribution in [2.45, 2.75) is 34.1 Å². The van der Waals surface area contributed by atoms with E-state index in [4.69, 9.17) is 0 Å². The third-order valence-corrected chi connectivity index (χ3v) is 3.14. The van der Waals surface area contributed by atoms with E-state index in [0.29, 0.717) is 0 Å². The molecule has 0 bridgehead atoms. The van der Waals surface area contributed by atoms with Crippen molar-refractivity contribution in [2.24, 2.45) is 5.41 Å². The Morgan fingerprint density at radius 2 is 1.94 bits per heavy atom. The third kappa shape index (κ3) is 3.05. The van der Waals surface area contributed by atoms with E-state index in [-0.39, 0.29) is 11.2 Å². The number of hydrogen-bond acceptors (Lipinski definition) is 2. The van der Waals surface area contributed by atoms with Crippen molar-refractivity contribution in [3.8, 4) is 0 Å². The molecule has 0 amide bonds. The molecule has 0 aromatic heterocycles. The minimum absolute atomic E-state index is 0.0769. The highest BCUT2D eigenvalue weighted by atomic mass is 16.1. The molecule has 0 atom stereocenters. The molecule has 1 rings (SSSR count).